The van der Waals surface area contributed by atoms with Crippen molar-refractivity contribution in [3.63, 3.8) is 0 Å². The molecule has 2 aromatic rings. The van der Waals surface area contributed by atoms with Crippen molar-refractivity contribution >= 4 is 34.8 Å². The minimum Gasteiger partial charge on any atom is -0.488 e. The van der Waals surface area contributed by atoms with Gasteiger partial charge < -0.3 is 4.74 Å². The highest BCUT2D eigenvalue weighted by Gasteiger charge is 2.06. The predicted octanol–water partition coefficient (Wildman–Crippen LogP) is 5.47. The van der Waals surface area contributed by atoms with E-state index in [1.54, 1.807) is 18.2 Å². The van der Waals surface area contributed by atoms with E-state index in [0.717, 1.165) is 16.7 Å². The molecule has 0 radical (unpaired) electrons. The van der Waals surface area contributed by atoms with Crippen LogP contribution in [0.2, 0.25) is 10.0 Å². The summed E-state index contributed by atoms with van der Waals surface area (Å²) in [6.45, 7) is 2.33. The van der Waals surface area contributed by atoms with Gasteiger partial charge in [-0.15, -0.1) is 11.6 Å². The zero-order valence-electron chi connectivity index (χ0n) is 11.4. The number of ether oxygens (including phenoxy) is 1. The van der Waals surface area contributed by atoms with E-state index in [1.165, 1.54) is 0 Å². The van der Waals surface area contributed by atoms with Crippen LogP contribution in [0.25, 0.3) is 0 Å². The van der Waals surface area contributed by atoms with E-state index < -0.39 is 0 Å². The lowest BCUT2D eigenvalue weighted by Crippen LogP contribution is -1.98. The average Bonchev–Trinajstić information content (AvgIpc) is 2.47. The van der Waals surface area contributed by atoms with Gasteiger partial charge in [-0.05, 0) is 42.8 Å². The molecule has 108 valence electrons. The van der Waals surface area contributed by atoms with E-state index in [9.17, 15) is 0 Å². The third-order valence-corrected chi connectivity index (χ3v) is 3.55. The number of hydrogen-bond donors (Lipinski definition) is 0. The van der Waals surface area contributed by atoms with E-state index in [-0.39, 0.29) is 5.88 Å². The number of aryl methyl sites for hydroxylation is 1. The van der Waals surface area contributed by atoms with E-state index in [4.69, 9.17) is 39.5 Å². The monoisotopic (exact) mass is 338 g/mol. The van der Waals surface area contributed by atoms with Crippen molar-refractivity contribution in [2.45, 2.75) is 13.5 Å². The van der Waals surface area contributed by atoms with Crippen molar-refractivity contribution < 1.29 is 4.74 Å². The molecule has 1 nitrogen and oxygen atoms in total. The molecule has 0 saturated carbocycles. The lowest BCUT2D eigenvalue weighted by Gasteiger charge is -2.10. The SMILES string of the molecule is Cc1ccc(OCc2cc(Cl)ccc2Cl)c(C#CCCl)c1. The zero-order valence-corrected chi connectivity index (χ0v) is 13.7. The summed E-state index contributed by atoms with van der Waals surface area (Å²) in [5, 5.41) is 1.25. The fraction of sp³-hybridized carbons (Fsp3) is 0.176. The van der Waals surface area contributed by atoms with Crippen LogP contribution in [0, 0.1) is 18.8 Å². The first-order chi connectivity index (χ1) is 10.1. The standard InChI is InChI=1S/C17H13Cl3O/c1-12-4-7-17(13(9-12)3-2-8-18)21-11-14-10-15(19)5-6-16(14)20/h4-7,9-10H,8,11H2,1H3. The Labute approximate surface area is 139 Å². The second-order valence-corrected chi connectivity index (χ2v) is 5.57. The number of hydrogen-bond acceptors (Lipinski definition) is 1. The Morgan fingerprint density at radius 2 is 1.90 bits per heavy atom. The summed E-state index contributed by atoms with van der Waals surface area (Å²) < 4.78 is 5.82. The smallest absolute Gasteiger partial charge is 0.135 e. The Kier molecular flexibility index (Phi) is 5.82. The topological polar surface area (TPSA) is 9.23 Å². The number of rotatable bonds is 3. The molecule has 0 aliphatic heterocycles. The van der Waals surface area contributed by atoms with Gasteiger partial charge in [0.15, 0.2) is 0 Å². The van der Waals surface area contributed by atoms with E-state index in [1.807, 2.05) is 25.1 Å². The first-order valence-electron chi connectivity index (χ1n) is 6.32. The van der Waals surface area contributed by atoms with Gasteiger partial charge in [0.1, 0.15) is 12.4 Å². The molecule has 4 heteroatoms. The molecule has 2 rings (SSSR count). The Morgan fingerprint density at radius 3 is 2.67 bits per heavy atom. The Bertz CT molecular complexity index is 699. The van der Waals surface area contributed by atoms with Gasteiger partial charge in [0, 0.05) is 15.6 Å². The summed E-state index contributed by atoms with van der Waals surface area (Å²) in [7, 11) is 0. The van der Waals surface area contributed by atoms with Crippen LogP contribution in [-0.2, 0) is 6.61 Å². The van der Waals surface area contributed by atoms with Gasteiger partial charge in [-0.25, -0.2) is 0 Å². The average molecular weight is 340 g/mol. The van der Waals surface area contributed by atoms with Gasteiger partial charge in [-0.3, -0.25) is 0 Å². The summed E-state index contributed by atoms with van der Waals surface area (Å²) in [6.07, 6.45) is 0. The molecule has 0 aliphatic carbocycles. The lowest BCUT2D eigenvalue weighted by atomic mass is 10.1. The quantitative estimate of drug-likeness (QED) is 0.532. The van der Waals surface area contributed by atoms with Crippen molar-refractivity contribution in [1.82, 2.24) is 0 Å². The first-order valence-corrected chi connectivity index (χ1v) is 7.61. The summed E-state index contributed by atoms with van der Waals surface area (Å²) >= 11 is 17.7. The third-order valence-electron chi connectivity index (χ3n) is 2.82. The molecule has 0 aliphatic rings. The maximum absolute atomic E-state index is 6.13. The van der Waals surface area contributed by atoms with Crippen LogP contribution < -0.4 is 4.74 Å². The van der Waals surface area contributed by atoms with Crippen LogP contribution in [0.5, 0.6) is 5.75 Å². The molecule has 0 amide bonds. The molecule has 2 aromatic carbocycles. The number of benzene rings is 2. The molecular weight excluding hydrogens is 327 g/mol. The van der Waals surface area contributed by atoms with Crippen LogP contribution in [0.15, 0.2) is 36.4 Å². The summed E-state index contributed by atoms with van der Waals surface area (Å²) in [4.78, 5) is 0. The fourth-order valence-corrected chi connectivity index (χ4v) is 2.24. The van der Waals surface area contributed by atoms with Gasteiger partial charge in [0.05, 0.1) is 11.4 Å². The Balaban J connectivity index is 2.21. The van der Waals surface area contributed by atoms with Gasteiger partial charge in [0.2, 0.25) is 0 Å². The number of halogens is 3. The molecule has 0 N–H and O–H groups in total. The van der Waals surface area contributed by atoms with E-state index in [0.29, 0.717) is 22.4 Å². The Morgan fingerprint density at radius 1 is 1.10 bits per heavy atom. The van der Waals surface area contributed by atoms with E-state index >= 15 is 0 Å². The van der Waals surface area contributed by atoms with Crippen molar-refractivity contribution in [2.24, 2.45) is 0 Å². The third kappa shape index (κ3) is 4.58. The largest absolute Gasteiger partial charge is 0.488 e. The molecule has 0 saturated heterocycles. The summed E-state index contributed by atoms with van der Waals surface area (Å²) in [6, 6.07) is 11.1. The zero-order chi connectivity index (χ0) is 15.2. The van der Waals surface area contributed by atoms with Crippen molar-refractivity contribution in [3.05, 3.63) is 63.1 Å². The Hall–Kier alpha value is -1.33. The molecule has 0 fully saturated rings. The maximum atomic E-state index is 6.13. The predicted molar refractivity (Wildman–Crippen MR) is 89.6 cm³/mol. The van der Waals surface area contributed by atoms with Gasteiger partial charge in [0.25, 0.3) is 0 Å². The van der Waals surface area contributed by atoms with Crippen molar-refractivity contribution in [2.75, 3.05) is 5.88 Å². The van der Waals surface area contributed by atoms with Crippen molar-refractivity contribution in [3.8, 4) is 17.6 Å². The molecule has 0 spiro atoms. The highest BCUT2D eigenvalue weighted by Crippen LogP contribution is 2.24. The molecular formula is C17H13Cl3O. The van der Waals surface area contributed by atoms with Crippen molar-refractivity contribution in [1.29, 1.82) is 0 Å². The van der Waals surface area contributed by atoms with Gasteiger partial charge in [-0.2, -0.15) is 0 Å². The molecule has 0 bridgehead atoms. The maximum Gasteiger partial charge on any atom is 0.135 e. The van der Waals surface area contributed by atoms with Crippen LogP contribution in [0.4, 0.5) is 0 Å². The lowest BCUT2D eigenvalue weighted by molar-refractivity contribution is 0.305. The fourth-order valence-electron chi connectivity index (χ4n) is 1.81. The second kappa shape index (κ2) is 7.61. The molecule has 0 aromatic heterocycles. The summed E-state index contributed by atoms with van der Waals surface area (Å²) in [5.41, 5.74) is 2.76. The van der Waals surface area contributed by atoms with Crippen LogP contribution in [0.1, 0.15) is 16.7 Å². The normalized spacial score (nSPS) is 9.90. The molecule has 0 atom stereocenters. The van der Waals surface area contributed by atoms with Gasteiger partial charge in [-0.1, -0.05) is 41.1 Å². The highest BCUT2D eigenvalue weighted by molar-refractivity contribution is 6.33. The van der Waals surface area contributed by atoms with Crippen LogP contribution >= 0.6 is 34.8 Å². The second-order valence-electron chi connectivity index (χ2n) is 4.46. The van der Waals surface area contributed by atoms with E-state index in [2.05, 4.69) is 11.8 Å². The van der Waals surface area contributed by atoms with Crippen LogP contribution in [0.3, 0.4) is 0 Å². The highest BCUT2D eigenvalue weighted by atomic mass is 35.5. The molecule has 21 heavy (non-hydrogen) atoms. The summed E-state index contributed by atoms with van der Waals surface area (Å²) in [5.74, 6) is 6.83. The molecule has 0 unspecified atom stereocenters. The van der Waals surface area contributed by atoms with Gasteiger partial charge >= 0.3 is 0 Å². The minimum absolute atomic E-state index is 0.285. The first kappa shape index (κ1) is 16.0. The molecule has 0 heterocycles. The van der Waals surface area contributed by atoms with Crippen LogP contribution in [-0.4, -0.2) is 5.88 Å². The minimum atomic E-state index is 0.285. The number of alkyl halides is 1.